The third-order valence-electron chi connectivity index (χ3n) is 4.50. The van der Waals surface area contributed by atoms with Gasteiger partial charge < -0.3 is 14.5 Å². The first-order valence-corrected chi connectivity index (χ1v) is 8.42. The lowest BCUT2D eigenvalue weighted by Gasteiger charge is -2.36. The number of hydrogen-bond acceptors (Lipinski definition) is 3. The lowest BCUT2D eigenvalue weighted by atomic mass is 10.1. The predicted octanol–water partition coefficient (Wildman–Crippen LogP) is 3.03. The Morgan fingerprint density at radius 3 is 2.17 bits per heavy atom. The Bertz CT molecular complexity index is 672. The van der Waals surface area contributed by atoms with E-state index in [1.54, 1.807) is 0 Å². The largest absolute Gasteiger partial charge is 0.483 e. The molecule has 0 bridgehead atoms. The molecule has 0 atom stereocenters. The minimum Gasteiger partial charge on any atom is -0.483 e. The second-order valence-electron chi connectivity index (χ2n) is 6.21. The van der Waals surface area contributed by atoms with E-state index in [4.69, 9.17) is 4.74 Å². The van der Waals surface area contributed by atoms with Gasteiger partial charge in [0.25, 0.3) is 5.91 Å². The number of rotatable bonds is 4. The van der Waals surface area contributed by atoms with Crippen molar-refractivity contribution in [2.75, 3.05) is 37.7 Å². The maximum atomic E-state index is 12.4. The number of hydrogen-bond donors (Lipinski definition) is 0. The summed E-state index contributed by atoms with van der Waals surface area (Å²) in [4.78, 5) is 16.6. The van der Waals surface area contributed by atoms with Crippen LogP contribution < -0.4 is 9.64 Å². The number of ether oxygens (including phenoxy) is 1. The van der Waals surface area contributed by atoms with Crippen LogP contribution in [0.4, 0.5) is 5.69 Å². The maximum Gasteiger partial charge on any atom is 0.260 e. The average Bonchev–Trinajstić information content (AvgIpc) is 2.62. The molecule has 1 aliphatic heterocycles. The Balaban J connectivity index is 1.52. The molecule has 0 spiro atoms. The second kappa shape index (κ2) is 7.39. The van der Waals surface area contributed by atoms with Gasteiger partial charge in [0.05, 0.1) is 0 Å². The number of nitrogens with zero attached hydrogens (tertiary/aromatic N) is 2. The summed E-state index contributed by atoms with van der Waals surface area (Å²) in [6.45, 7) is 7.32. The van der Waals surface area contributed by atoms with Crippen LogP contribution in [0.5, 0.6) is 5.75 Å². The predicted molar refractivity (Wildman–Crippen MR) is 96.6 cm³/mol. The fourth-order valence-electron chi connectivity index (χ4n) is 3.10. The Labute approximate surface area is 143 Å². The molecule has 4 heteroatoms. The molecule has 0 unspecified atom stereocenters. The number of benzene rings is 2. The first-order chi connectivity index (χ1) is 11.6. The molecular weight excluding hydrogens is 300 g/mol. The third kappa shape index (κ3) is 3.70. The highest BCUT2D eigenvalue weighted by atomic mass is 16.5. The van der Waals surface area contributed by atoms with E-state index in [1.165, 1.54) is 5.69 Å². The normalized spacial score (nSPS) is 14.6. The van der Waals surface area contributed by atoms with Crippen molar-refractivity contribution in [1.82, 2.24) is 4.90 Å². The summed E-state index contributed by atoms with van der Waals surface area (Å²) in [5, 5.41) is 0. The van der Waals surface area contributed by atoms with Crippen LogP contribution in [0.1, 0.15) is 11.1 Å². The van der Waals surface area contributed by atoms with Crippen molar-refractivity contribution < 1.29 is 9.53 Å². The van der Waals surface area contributed by atoms with E-state index in [2.05, 4.69) is 17.0 Å². The first-order valence-electron chi connectivity index (χ1n) is 8.42. The van der Waals surface area contributed by atoms with E-state index < -0.39 is 0 Å². The van der Waals surface area contributed by atoms with Gasteiger partial charge in [-0.25, -0.2) is 0 Å². The summed E-state index contributed by atoms with van der Waals surface area (Å²) in [5.41, 5.74) is 3.35. The van der Waals surface area contributed by atoms with Crippen molar-refractivity contribution in [1.29, 1.82) is 0 Å². The van der Waals surface area contributed by atoms with Gasteiger partial charge in [0.1, 0.15) is 5.75 Å². The Kier molecular flexibility index (Phi) is 5.04. The second-order valence-corrected chi connectivity index (χ2v) is 6.21. The summed E-state index contributed by atoms with van der Waals surface area (Å²) in [6, 6.07) is 16.4. The van der Waals surface area contributed by atoms with Crippen LogP contribution in [-0.4, -0.2) is 43.6 Å². The van der Waals surface area contributed by atoms with Crippen molar-refractivity contribution in [2.24, 2.45) is 0 Å². The van der Waals surface area contributed by atoms with Crippen molar-refractivity contribution in [3.05, 3.63) is 59.7 Å². The van der Waals surface area contributed by atoms with Crippen LogP contribution in [0.25, 0.3) is 0 Å². The van der Waals surface area contributed by atoms with E-state index in [0.717, 1.165) is 43.1 Å². The summed E-state index contributed by atoms with van der Waals surface area (Å²) in [5.74, 6) is 0.888. The number of piperazine rings is 1. The zero-order valence-electron chi connectivity index (χ0n) is 14.4. The highest BCUT2D eigenvalue weighted by Crippen LogP contribution is 2.22. The standard InChI is InChI=1S/C20H24N2O2/c1-16-7-6-8-17(2)20(16)24-15-19(23)22-13-11-21(12-14-22)18-9-4-3-5-10-18/h3-10H,11-15H2,1-2H3. The topological polar surface area (TPSA) is 32.8 Å². The molecule has 0 aromatic heterocycles. The molecule has 0 N–H and O–H groups in total. The van der Waals surface area contributed by atoms with E-state index in [1.807, 2.05) is 55.1 Å². The summed E-state index contributed by atoms with van der Waals surface area (Å²) < 4.78 is 5.79. The zero-order chi connectivity index (χ0) is 16.9. The Morgan fingerprint density at radius 1 is 0.917 bits per heavy atom. The number of aryl methyl sites for hydroxylation is 2. The monoisotopic (exact) mass is 324 g/mol. The lowest BCUT2D eigenvalue weighted by Crippen LogP contribution is -2.50. The van der Waals surface area contributed by atoms with Gasteiger partial charge in [0.2, 0.25) is 0 Å². The fourth-order valence-corrected chi connectivity index (χ4v) is 3.10. The van der Waals surface area contributed by atoms with Gasteiger partial charge in [-0.05, 0) is 37.1 Å². The number of carbonyl (C=O) groups excluding carboxylic acids is 1. The Morgan fingerprint density at radius 2 is 1.54 bits per heavy atom. The molecule has 0 radical (unpaired) electrons. The van der Waals surface area contributed by atoms with E-state index in [-0.39, 0.29) is 12.5 Å². The molecule has 2 aromatic carbocycles. The molecular formula is C20H24N2O2. The smallest absolute Gasteiger partial charge is 0.260 e. The van der Waals surface area contributed by atoms with Gasteiger partial charge in [-0.2, -0.15) is 0 Å². The summed E-state index contributed by atoms with van der Waals surface area (Å²) >= 11 is 0. The SMILES string of the molecule is Cc1cccc(C)c1OCC(=O)N1CCN(c2ccccc2)CC1. The number of amides is 1. The van der Waals surface area contributed by atoms with Gasteiger partial charge in [-0.3, -0.25) is 4.79 Å². The quantitative estimate of drug-likeness (QED) is 0.867. The molecule has 1 aliphatic rings. The van der Waals surface area contributed by atoms with Crippen molar-refractivity contribution in [2.45, 2.75) is 13.8 Å². The van der Waals surface area contributed by atoms with Gasteiger partial charge in [0, 0.05) is 31.9 Å². The van der Waals surface area contributed by atoms with Gasteiger partial charge in [-0.15, -0.1) is 0 Å². The fraction of sp³-hybridized carbons (Fsp3) is 0.350. The molecule has 1 fully saturated rings. The average molecular weight is 324 g/mol. The number of para-hydroxylation sites is 2. The van der Waals surface area contributed by atoms with E-state index in [9.17, 15) is 4.79 Å². The van der Waals surface area contributed by atoms with Crippen LogP contribution in [0.3, 0.4) is 0 Å². The molecule has 126 valence electrons. The van der Waals surface area contributed by atoms with Crippen LogP contribution in [0.15, 0.2) is 48.5 Å². The van der Waals surface area contributed by atoms with Crippen LogP contribution >= 0.6 is 0 Å². The molecule has 1 heterocycles. The molecule has 0 aliphatic carbocycles. The molecule has 4 nitrogen and oxygen atoms in total. The first kappa shape index (κ1) is 16.4. The van der Waals surface area contributed by atoms with Crippen molar-refractivity contribution in [3.63, 3.8) is 0 Å². The minimum absolute atomic E-state index is 0.0605. The summed E-state index contributed by atoms with van der Waals surface area (Å²) in [6.07, 6.45) is 0. The highest BCUT2D eigenvalue weighted by Gasteiger charge is 2.21. The third-order valence-corrected chi connectivity index (χ3v) is 4.50. The summed E-state index contributed by atoms with van der Waals surface area (Å²) in [7, 11) is 0. The van der Waals surface area contributed by atoms with Gasteiger partial charge in [0.15, 0.2) is 6.61 Å². The van der Waals surface area contributed by atoms with Crippen molar-refractivity contribution in [3.8, 4) is 5.75 Å². The lowest BCUT2D eigenvalue weighted by molar-refractivity contribution is -0.133. The molecule has 1 amide bonds. The van der Waals surface area contributed by atoms with Gasteiger partial charge in [-0.1, -0.05) is 36.4 Å². The van der Waals surface area contributed by atoms with Crippen molar-refractivity contribution >= 4 is 11.6 Å². The van der Waals surface area contributed by atoms with E-state index in [0.29, 0.717) is 0 Å². The Hall–Kier alpha value is -2.49. The number of anilines is 1. The van der Waals surface area contributed by atoms with Gasteiger partial charge >= 0.3 is 0 Å². The zero-order valence-corrected chi connectivity index (χ0v) is 14.4. The molecule has 1 saturated heterocycles. The van der Waals surface area contributed by atoms with Crippen LogP contribution in [0.2, 0.25) is 0 Å². The highest BCUT2D eigenvalue weighted by molar-refractivity contribution is 5.78. The maximum absolute atomic E-state index is 12.4. The molecule has 24 heavy (non-hydrogen) atoms. The van der Waals surface area contributed by atoms with Crippen LogP contribution in [0, 0.1) is 13.8 Å². The number of carbonyl (C=O) groups is 1. The van der Waals surface area contributed by atoms with E-state index >= 15 is 0 Å². The molecule has 0 saturated carbocycles. The molecule has 3 rings (SSSR count). The van der Waals surface area contributed by atoms with Crippen LogP contribution in [-0.2, 0) is 4.79 Å². The minimum atomic E-state index is 0.0605. The molecule has 2 aromatic rings.